The number of carbonyl (C=O) groups excluding carboxylic acids is 3. The summed E-state index contributed by atoms with van der Waals surface area (Å²) < 4.78 is 14.8. The SMILES string of the molecule is CC(C)C[C@H](O)[C@H](O)[C@H](CC1CCCCC1)N(Cc1csc(N)n1)C(=O)CCC(=O)N(CC(=O)N(C)CCc1ccccn1)Cc1ccccc1F. The molecule has 1 aliphatic rings. The highest BCUT2D eigenvalue weighted by atomic mass is 32.1. The third-order valence-electron chi connectivity index (χ3n) is 9.83. The number of benzene rings is 1. The van der Waals surface area contributed by atoms with Crippen LogP contribution >= 0.6 is 11.3 Å². The number of hydrogen-bond acceptors (Lipinski definition) is 9. The van der Waals surface area contributed by atoms with E-state index >= 15 is 0 Å². The Balaban J connectivity index is 1.53. The summed E-state index contributed by atoms with van der Waals surface area (Å²) in [5.74, 6) is -1.30. The molecule has 2 heterocycles. The monoisotopic (exact) mass is 738 g/mol. The summed E-state index contributed by atoms with van der Waals surface area (Å²) in [5.41, 5.74) is 7.58. The van der Waals surface area contributed by atoms with E-state index in [9.17, 15) is 29.0 Å². The third-order valence-corrected chi connectivity index (χ3v) is 10.6. The maximum Gasteiger partial charge on any atom is 0.241 e. The lowest BCUT2D eigenvalue weighted by Crippen LogP contribution is -2.52. The van der Waals surface area contributed by atoms with Crippen LogP contribution in [-0.4, -0.2) is 91.0 Å². The Morgan fingerprint density at radius 3 is 2.33 bits per heavy atom. The van der Waals surface area contributed by atoms with Crippen molar-refractivity contribution < 1.29 is 29.0 Å². The number of aliphatic hydroxyl groups excluding tert-OH is 2. The molecular formula is C39H55FN6O5S. The smallest absolute Gasteiger partial charge is 0.241 e. The Labute approximate surface area is 311 Å². The van der Waals surface area contributed by atoms with Crippen molar-refractivity contribution in [1.82, 2.24) is 24.7 Å². The maximum absolute atomic E-state index is 14.8. The molecular weight excluding hydrogens is 684 g/mol. The van der Waals surface area contributed by atoms with Crippen LogP contribution in [0, 0.1) is 17.7 Å². The summed E-state index contributed by atoms with van der Waals surface area (Å²) in [6.45, 7) is 3.92. The van der Waals surface area contributed by atoms with E-state index in [0.29, 0.717) is 36.6 Å². The molecule has 0 radical (unpaired) electrons. The number of anilines is 1. The van der Waals surface area contributed by atoms with Crippen LogP contribution in [0.2, 0.25) is 0 Å². The number of rotatable bonds is 19. The number of carbonyl (C=O) groups is 3. The minimum Gasteiger partial charge on any atom is -0.390 e. The van der Waals surface area contributed by atoms with Crippen LogP contribution in [0.5, 0.6) is 0 Å². The second-order valence-corrected chi connectivity index (χ2v) is 15.3. The second kappa shape index (κ2) is 20.3. The van der Waals surface area contributed by atoms with Crippen LogP contribution in [0.4, 0.5) is 9.52 Å². The highest BCUT2D eigenvalue weighted by molar-refractivity contribution is 7.13. The Hall–Kier alpha value is -3.94. The minimum atomic E-state index is -1.21. The maximum atomic E-state index is 14.8. The Bertz CT molecular complexity index is 1570. The summed E-state index contributed by atoms with van der Waals surface area (Å²) in [7, 11) is 1.65. The number of nitrogens with two attached hydrogens (primary N) is 1. The summed E-state index contributed by atoms with van der Waals surface area (Å²) in [6, 6.07) is 10.9. The van der Waals surface area contributed by atoms with Crippen molar-refractivity contribution >= 4 is 34.2 Å². The standard InChI is InChI=1S/C39H55FN6O5S/c1-27(2)21-34(47)38(51)33(22-28-11-5-4-6-12-28)46(24-31-26-52-39(41)43-31)36(49)17-16-35(48)45(23-29-13-7-8-15-32(29)40)25-37(50)44(3)20-18-30-14-9-10-19-42-30/h7-10,13-15,19,26-28,33-34,38,47,51H,4-6,11-12,16-18,20-25H2,1-3H3,(H2,41,43)/t33-,34-,38+/m0/s1. The first-order chi connectivity index (χ1) is 24.9. The molecule has 1 aromatic carbocycles. The normalized spacial score (nSPS) is 15.2. The fourth-order valence-electron chi connectivity index (χ4n) is 6.87. The van der Waals surface area contributed by atoms with E-state index in [4.69, 9.17) is 5.73 Å². The first kappa shape index (κ1) is 40.8. The van der Waals surface area contributed by atoms with E-state index in [-0.39, 0.29) is 61.7 Å². The van der Waals surface area contributed by atoms with Crippen molar-refractivity contribution in [1.29, 1.82) is 0 Å². The molecule has 3 amide bonds. The van der Waals surface area contributed by atoms with E-state index in [0.717, 1.165) is 37.8 Å². The lowest BCUT2D eigenvalue weighted by Gasteiger charge is -2.39. The van der Waals surface area contributed by atoms with Gasteiger partial charge in [0, 0.05) is 62.2 Å². The number of aliphatic hydroxyl groups is 2. The van der Waals surface area contributed by atoms with E-state index in [1.54, 1.807) is 41.7 Å². The van der Waals surface area contributed by atoms with Crippen LogP contribution in [0.25, 0.3) is 0 Å². The molecule has 4 N–H and O–H groups in total. The van der Waals surface area contributed by atoms with Gasteiger partial charge in [0.25, 0.3) is 0 Å². The molecule has 0 spiro atoms. The van der Waals surface area contributed by atoms with Crippen LogP contribution in [0.15, 0.2) is 54.0 Å². The summed E-state index contributed by atoms with van der Waals surface area (Å²) in [6.07, 6.45) is 5.60. The Morgan fingerprint density at radius 2 is 1.67 bits per heavy atom. The van der Waals surface area contributed by atoms with Crippen LogP contribution < -0.4 is 5.73 Å². The van der Waals surface area contributed by atoms with Crippen molar-refractivity contribution in [2.24, 2.45) is 11.8 Å². The van der Waals surface area contributed by atoms with E-state index < -0.39 is 30.0 Å². The lowest BCUT2D eigenvalue weighted by molar-refractivity contribution is -0.145. The third kappa shape index (κ3) is 12.6. The molecule has 284 valence electrons. The molecule has 13 heteroatoms. The van der Waals surface area contributed by atoms with Crippen molar-refractivity contribution in [2.75, 3.05) is 25.9 Å². The van der Waals surface area contributed by atoms with Gasteiger partial charge < -0.3 is 30.6 Å². The molecule has 1 fully saturated rings. The molecule has 52 heavy (non-hydrogen) atoms. The Morgan fingerprint density at radius 1 is 0.962 bits per heavy atom. The zero-order chi connectivity index (χ0) is 37.6. The quantitative estimate of drug-likeness (QED) is 0.152. The number of nitrogen functional groups attached to an aromatic ring is 1. The van der Waals surface area contributed by atoms with Gasteiger partial charge in [0.05, 0.1) is 24.4 Å². The van der Waals surface area contributed by atoms with E-state index in [1.807, 2.05) is 32.0 Å². The number of thiazole rings is 1. The molecule has 1 aliphatic carbocycles. The average Bonchev–Trinajstić information content (AvgIpc) is 3.55. The van der Waals surface area contributed by atoms with Crippen molar-refractivity contribution in [3.8, 4) is 0 Å². The van der Waals surface area contributed by atoms with Crippen LogP contribution in [-0.2, 0) is 33.9 Å². The molecule has 3 aromatic rings. The second-order valence-electron chi connectivity index (χ2n) is 14.4. The molecule has 1 saturated carbocycles. The first-order valence-electron chi connectivity index (χ1n) is 18.4. The zero-order valence-corrected chi connectivity index (χ0v) is 31.5. The topological polar surface area (TPSA) is 153 Å². The summed E-state index contributed by atoms with van der Waals surface area (Å²) in [4.78, 5) is 54.5. The number of likely N-dealkylation sites (N-methyl/N-ethyl adjacent to an activating group) is 1. The van der Waals surface area contributed by atoms with Gasteiger partial charge in [0.1, 0.15) is 18.5 Å². The predicted molar refractivity (Wildman–Crippen MR) is 200 cm³/mol. The molecule has 0 bridgehead atoms. The van der Waals surface area contributed by atoms with Crippen molar-refractivity contribution in [2.45, 2.75) is 109 Å². The number of nitrogens with zero attached hydrogens (tertiary/aromatic N) is 5. The average molecular weight is 739 g/mol. The summed E-state index contributed by atoms with van der Waals surface area (Å²) in [5, 5.41) is 24.9. The number of amides is 3. The molecule has 3 atom stereocenters. The highest BCUT2D eigenvalue weighted by Crippen LogP contribution is 2.32. The summed E-state index contributed by atoms with van der Waals surface area (Å²) >= 11 is 1.25. The predicted octanol–water partition coefficient (Wildman–Crippen LogP) is 5.21. The number of aromatic nitrogens is 2. The molecule has 0 unspecified atom stereocenters. The van der Waals surface area contributed by atoms with Crippen LogP contribution in [0.1, 0.15) is 88.6 Å². The first-order valence-corrected chi connectivity index (χ1v) is 19.3. The lowest BCUT2D eigenvalue weighted by atomic mass is 9.81. The van der Waals surface area contributed by atoms with Gasteiger partial charge in [-0.05, 0) is 42.9 Å². The van der Waals surface area contributed by atoms with Gasteiger partial charge >= 0.3 is 0 Å². The fourth-order valence-corrected chi connectivity index (χ4v) is 7.43. The molecule has 2 aromatic heterocycles. The highest BCUT2D eigenvalue weighted by Gasteiger charge is 2.37. The van der Waals surface area contributed by atoms with Crippen molar-refractivity contribution in [3.05, 3.63) is 76.8 Å². The largest absolute Gasteiger partial charge is 0.390 e. The van der Waals surface area contributed by atoms with Gasteiger partial charge in [-0.3, -0.25) is 19.4 Å². The number of hydrogen-bond donors (Lipinski definition) is 3. The van der Waals surface area contributed by atoms with Gasteiger partial charge in [-0.25, -0.2) is 9.37 Å². The van der Waals surface area contributed by atoms with E-state index in [1.165, 1.54) is 27.2 Å². The fraction of sp³-hybridized carbons (Fsp3) is 0.564. The molecule has 11 nitrogen and oxygen atoms in total. The van der Waals surface area contributed by atoms with Crippen molar-refractivity contribution in [3.63, 3.8) is 0 Å². The van der Waals surface area contributed by atoms with Gasteiger partial charge in [0.2, 0.25) is 17.7 Å². The Kier molecular flexibility index (Phi) is 16.0. The molecule has 4 rings (SSSR count). The van der Waals surface area contributed by atoms with Gasteiger partial charge in [-0.1, -0.05) is 70.2 Å². The number of pyridine rings is 1. The molecule has 0 saturated heterocycles. The van der Waals surface area contributed by atoms with Gasteiger partial charge in [0.15, 0.2) is 5.13 Å². The zero-order valence-electron chi connectivity index (χ0n) is 30.7. The van der Waals surface area contributed by atoms with E-state index in [2.05, 4.69) is 9.97 Å². The molecule has 0 aliphatic heterocycles. The van der Waals surface area contributed by atoms with Gasteiger partial charge in [-0.15, -0.1) is 11.3 Å². The number of halogens is 1. The van der Waals surface area contributed by atoms with Crippen LogP contribution in [0.3, 0.4) is 0 Å². The minimum absolute atomic E-state index is 0.0576. The van der Waals surface area contributed by atoms with Gasteiger partial charge in [-0.2, -0.15) is 0 Å².